The average molecular weight is 400 g/mol. The zero-order valence-electron chi connectivity index (χ0n) is 16.3. The molecular weight excluding hydrogens is 370 g/mol. The van der Waals surface area contributed by atoms with Gasteiger partial charge in [-0.25, -0.2) is 8.42 Å². The molecule has 1 amide bonds. The topological polar surface area (TPSA) is 97.0 Å². The third-order valence-corrected chi connectivity index (χ3v) is 6.50. The zero-order chi connectivity index (χ0) is 20.0. The van der Waals surface area contributed by atoms with Crippen LogP contribution in [0.4, 0.5) is 5.69 Å². The van der Waals surface area contributed by atoms with E-state index in [2.05, 4.69) is 10.6 Å². The van der Waals surface area contributed by atoms with Crippen molar-refractivity contribution in [1.29, 1.82) is 0 Å². The van der Waals surface area contributed by atoms with E-state index in [-0.39, 0.29) is 22.7 Å². The highest BCUT2D eigenvalue weighted by atomic mass is 32.2. The van der Waals surface area contributed by atoms with Crippen LogP contribution >= 0.6 is 0 Å². The van der Waals surface area contributed by atoms with E-state index in [0.29, 0.717) is 38.5 Å². The van der Waals surface area contributed by atoms with E-state index >= 15 is 0 Å². The summed E-state index contributed by atoms with van der Waals surface area (Å²) < 4.78 is 38.3. The Labute approximate surface area is 161 Å². The first-order valence-electron chi connectivity index (χ1n) is 9.27. The SMILES string of the molecule is CCOc1ccc(NC(=O)[C@H]2NCCO[C@@H]2C)cc1S(=O)(=O)N(CC)CC. The van der Waals surface area contributed by atoms with Crippen molar-refractivity contribution >= 4 is 21.6 Å². The predicted octanol–water partition coefficient (Wildman–Crippen LogP) is 1.43. The number of nitrogens with zero attached hydrogens (tertiary/aromatic N) is 1. The van der Waals surface area contributed by atoms with E-state index in [9.17, 15) is 13.2 Å². The van der Waals surface area contributed by atoms with Crippen molar-refractivity contribution in [3.05, 3.63) is 18.2 Å². The lowest BCUT2D eigenvalue weighted by Crippen LogP contribution is -2.53. The maximum Gasteiger partial charge on any atom is 0.246 e. The van der Waals surface area contributed by atoms with Gasteiger partial charge in [0.15, 0.2) is 0 Å². The highest BCUT2D eigenvalue weighted by Crippen LogP contribution is 2.30. The summed E-state index contributed by atoms with van der Waals surface area (Å²) in [4.78, 5) is 12.6. The van der Waals surface area contributed by atoms with Crippen molar-refractivity contribution in [2.24, 2.45) is 0 Å². The van der Waals surface area contributed by atoms with Gasteiger partial charge in [0.2, 0.25) is 15.9 Å². The normalized spacial score (nSPS) is 20.5. The van der Waals surface area contributed by atoms with Gasteiger partial charge in [-0.05, 0) is 32.0 Å². The van der Waals surface area contributed by atoms with Gasteiger partial charge in [-0.2, -0.15) is 4.31 Å². The predicted molar refractivity (Wildman–Crippen MR) is 104 cm³/mol. The summed E-state index contributed by atoms with van der Waals surface area (Å²) in [5.41, 5.74) is 0.397. The number of sulfonamides is 1. The van der Waals surface area contributed by atoms with Crippen molar-refractivity contribution in [1.82, 2.24) is 9.62 Å². The Hall–Kier alpha value is -1.68. The van der Waals surface area contributed by atoms with Crippen LogP contribution < -0.4 is 15.4 Å². The molecule has 0 unspecified atom stereocenters. The summed E-state index contributed by atoms with van der Waals surface area (Å²) in [6, 6.07) is 4.17. The lowest BCUT2D eigenvalue weighted by molar-refractivity contribution is -0.123. The molecule has 0 aliphatic carbocycles. The summed E-state index contributed by atoms with van der Waals surface area (Å²) in [5.74, 6) is 0.00689. The number of carbonyl (C=O) groups is 1. The molecule has 1 heterocycles. The Bertz CT molecular complexity index is 749. The molecule has 2 atom stereocenters. The van der Waals surface area contributed by atoms with Gasteiger partial charge in [0.25, 0.3) is 0 Å². The molecule has 1 aliphatic rings. The van der Waals surface area contributed by atoms with Gasteiger partial charge < -0.3 is 20.1 Å². The Morgan fingerprint density at radius 2 is 2.04 bits per heavy atom. The number of morpholine rings is 1. The maximum absolute atomic E-state index is 13.0. The van der Waals surface area contributed by atoms with Gasteiger partial charge in [-0.15, -0.1) is 0 Å². The number of hydrogen-bond donors (Lipinski definition) is 2. The fourth-order valence-corrected chi connectivity index (χ4v) is 4.63. The van der Waals surface area contributed by atoms with Crippen molar-refractivity contribution in [3.8, 4) is 5.75 Å². The highest BCUT2D eigenvalue weighted by molar-refractivity contribution is 7.89. The molecule has 1 aromatic rings. The summed E-state index contributed by atoms with van der Waals surface area (Å²) in [6.45, 7) is 9.36. The summed E-state index contributed by atoms with van der Waals surface area (Å²) in [5, 5.41) is 5.89. The van der Waals surface area contributed by atoms with Crippen molar-refractivity contribution in [3.63, 3.8) is 0 Å². The number of rotatable bonds is 8. The van der Waals surface area contributed by atoms with Gasteiger partial charge in [0, 0.05) is 25.3 Å². The molecule has 2 rings (SSSR count). The monoisotopic (exact) mass is 399 g/mol. The Balaban J connectivity index is 2.33. The number of amides is 1. The van der Waals surface area contributed by atoms with Crippen molar-refractivity contribution < 1.29 is 22.7 Å². The van der Waals surface area contributed by atoms with E-state index in [4.69, 9.17) is 9.47 Å². The van der Waals surface area contributed by atoms with Crippen LogP contribution in [0.15, 0.2) is 23.1 Å². The number of ether oxygens (including phenoxy) is 2. The van der Waals surface area contributed by atoms with Gasteiger partial charge in [-0.3, -0.25) is 4.79 Å². The van der Waals surface area contributed by atoms with Crippen LogP contribution in [-0.4, -0.2) is 63.6 Å². The first-order valence-corrected chi connectivity index (χ1v) is 10.7. The molecule has 0 spiro atoms. The van der Waals surface area contributed by atoms with E-state index in [0.717, 1.165) is 0 Å². The number of benzene rings is 1. The van der Waals surface area contributed by atoms with Gasteiger partial charge in [0.1, 0.15) is 16.7 Å². The molecule has 8 nitrogen and oxygen atoms in total. The Morgan fingerprint density at radius 3 is 2.63 bits per heavy atom. The van der Waals surface area contributed by atoms with Gasteiger partial charge >= 0.3 is 0 Å². The summed E-state index contributed by atoms with van der Waals surface area (Å²) >= 11 is 0. The largest absolute Gasteiger partial charge is 0.492 e. The summed E-state index contributed by atoms with van der Waals surface area (Å²) in [6.07, 6.45) is -0.264. The zero-order valence-corrected chi connectivity index (χ0v) is 17.1. The minimum Gasteiger partial charge on any atom is -0.492 e. The van der Waals surface area contributed by atoms with Crippen LogP contribution in [0.25, 0.3) is 0 Å². The number of anilines is 1. The second-order valence-corrected chi connectivity index (χ2v) is 8.09. The molecule has 0 aromatic heterocycles. The summed E-state index contributed by atoms with van der Waals surface area (Å²) in [7, 11) is -3.73. The van der Waals surface area contributed by atoms with Crippen LogP contribution in [-0.2, 0) is 19.6 Å². The fourth-order valence-electron chi connectivity index (χ4n) is 3.01. The van der Waals surface area contributed by atoms with E-state index in [1.807, 2.05) is 6.92 Å². The van der Waals surface area contributed by atoms with Crippen LogP contribution in [0.5, 0.6) is 5.75 Å². The number of hydrogen-bond acceptors (Lipinski definition) is 6. The van der Waals surface area contributed by atoms with Crippen molar-refractivity contribution in [2.45, 2.75) is 44.7 Å². The second kappa shape index (κ2) is 9.50. The standard InChI is InChI=1S/C18H29N3O5S/c1-5-21(6-2)27(23,24)16-12-14(8-9-15(16)25-7-3)20-18(22)17-13(4)26-11-10-19-17/h8-9,12-13,17,19H,5-7,10-11H2,1-4H3,(H,20,22)/t13-,17+/m1/s1. The number of carbonyl (C=O) groups excluding carboxylic acids is 1. The lowest BCUT2D eigenvalue weighted by Gasteiger charge is -2.29. The average Bonchev–Trinajstić information content (AvgIpc) is 2.64. The molecule has 1 aliphatic heterocycles. The molecule has 0 saturated carbocycles. The minimum absolute atomic E-state index is 0.0479. The minimum atomic E-state index is -3.73. The van der Waals surface area contributed by atoms with Gasteiger partial charge in [-0.1, -0.05) is 13.8 Å². The molecular formula is C18H29N3O5S. The maximum atomic E-state index is 13.0. The first-order chi connectivity index (χ1) is 12.8. The van der Waals surface area contributed by atoms with Gasteiger partial charge in [0.05, 0.1) is 19.3 Å². The van der Waals surface area contributed by atoms with E-state index < -0.39 is 16.1 Å². The van der Waals surface area contributed by atoms with Crippen LogP contribution in [0.1, 0.15) is 27.7 Å². The molecule has 1 aromatic carbocycles. The molecule has 0 bridgehead atoms. The van der Waals surface area contributed by atoms with Crippen molar-refractivity contribution in [2.75, 3.05) is 38.2 Å². The molecule has 2 N–H and O–H groups in total. The quantitative estimate of drug-likeness (QED) is 0.686. The van der Waals surface area contributed by atoms with Crippen LogP contribution in [0.3, 0.4) is 0 Å². The molecule has 27 heavy (non-hydrogen) atoms. The molecule has 1 saturated heterocycles. The smallest absolute Gasteiger partial charge is 0.246 e. The Kier molecular flexibility index (Phi) is 7.60. The third-order valence-electron chi connectivity index (χ3n) is 4.43. The van der Waals surface area contributed by atoms with Crippen LogP contribution in [0.2, 0.25) is 0 Å². The van der Waals surface area contributed by atoms with Crippen LogP contribution in [0, 0.1) is 0 Å². The molecule has 152 valence electrons. The fraction of sp³-hybridized carbons (Fsp3) is 0.611. The molecule has 0 radical (unpaired) electrons. The van der Waals surface area contributed by atoms with E-state index in [1.54, 1.807) is 32.9 Å². The third kappa shape index (κ3) is 4.98. The second-order valence-electron chi connectivity index (χ2n) is 6.18. The highest BCUT2D eigenvalue weighted by Gasteiger charge is 2.30. The number of nitrogens with one attached hydrogen (secondary N) is 2. The van der Waals surface area contributed by atoms with E-state index in [1.165, 1.54) is 10.4 Å². The first kappa shape index (κ1) is 21.6. The lowest BCUT2D eigenvalue weighted by atomic mass is 10.1. The molecule has 9 heteroatoms. The molecule has 1 fully saturated rings. The Morgan fingerprint density at radius 1 is 1.33 bits per heavy atom.